The van der Waals surface area contributed by atoms with Gasteiger partial charge in [0.25, 0.3) is 10.0 Å². The molecule has 0 saturated heterocycles. The zero-order valence-electron chi connectivity index (χ0n) is 18.2. The highest BCUT2D eigenvalue weighted by Crippen LogP contribution is 2.32. The number of hydrogen-bond acceptors (Lipinski definition) is 4. The van der Waals surface area contributed by atoms with Crippen LogP contribution in [0.5, 0.6) is 0 Å². The lowest BCUT2D eigenvalue weighted by molar-refractivity contribution is 0.404. The number of anilines is 1. The van der Waals surface area contributed by atoms with Crippen LogP contribution in [0.25, 0.3) is 10.4 Å². The molecule has 4 rings (SSSR count). The van der Waals surface area contributed by atoms with Crippen molar-refractivity contribution in [3.05, 3.63) is 72.0 Å². The molecule has 4 nitrogen and oxygen atoms in total. The van der Waals surface area contributed by atoms with Gasteiger partial charge in [-0.15, -0.1) is 11.3 Å². The number of benzene rings is 2. The van der Waals surface area contributed by atoms with Gasteiger partial charge in [0, 0.05) is 17.5 Å². The summed E-state index contributed by atoms with van der Waals surface area (Å²) in [6, 6.07) is 17.3. The van der Waals surface area contributed by atoms with Gasteiger partial charge in [0.2, 0.25) is 0 Å². The van der Waals surface area contributed by atoms with E-state index in [1.807, 2.05) is 18.2 Å². The summed E-state index contributed by atoms with van der Waals surface area (Å²) in [4.78, 5) is 0.709. The first kappa shape index (κ1) is 23.0. The van der Waals surface area contributed by atoms with Crippen molar-refractivity contribution < 1.29 is 12.8 Å². The fourth-order valence-corrected chi connectivity index (χ4v) is 6.75. The Hall–Kier alpha value is -2.22. The van der Waals surface area contributed by atoms with Crippen molar-refractivity contribution in [2.24, 2.45) is 5.92 Å². The van der Waals surface area contributed by atoms with Crippen LogP contribution >= 0.6 is 11.3 Å². The number of hydrogen-bond donors (Lipinski definition) is 2. The van der Waals surface area contributed by atoms with E-state index in [0.717, 1.165) is 29.2 Å². The molecule has 2 aromatic carbocycles. The molecule has 1 saturated carbocycles. The van der Waals surface area contributed by atoms with Crippen molar-refractivity contribution in [1.29, 1.82) is 0 Å². The molecular weight excluding hydrogens is 443 g/mol. The summed E-state index contributed by atoms with van der Waals surface area (Å²) in [7, 11) is -3.74. The predicted octanol–water partition coefficient (Wildman–Crippen LogP) is 6.41. The summed E-state index contributed by atoms with van der Waals surface area (Å²) >= 11 is 1.13. The average Bonchev–Trinajstić information content (AvgIpc) is 3.45. The molecule has 0 bridgehead atoms. The first-order chi connectivity index (χ1) is 15.4. The van der Waals surface area contributed by atoms with E-state index in [9.17, 15) is 12.8 Å². The van der Waals surface area contributed by atoms with Crippen LogP contribution in [-0.2, 0) is 16.6 Å². The van der Waals surface area contributed by atoms with Crippen LogP contribution in [0.4, 0.5) is 10.1 Å². The molecule has 0 radical (unpaired) electrons. The molecule has 1 aliphatic rings. The molecule has 7 heteroatoms. The van der Waals surface area contributed by atoms with Crippen molar-refractivity contribution in [1.82, 2.24) is 5.32 Å². The summed E-state index contributed by atoms with van der Waals surface area (Å²) in [6.07, 6.45) is 6.48. The Bertz CT molecular complexity index is 1150. The van der Waals surface area contributed by atoms with Crippen molar-refractivity contribution in [2.75, 3.05) is 4.72 Å². The topological polar surface area (TPSA) is 58.2 Å². The van der Waals surface area contributed by atoms with Gasteiger partial charge in [0.15, 0.2) is 0 Å². The highest BCUT2D eigenvalue weighted by molar-refractivity contribution is 7.94. The number of nitrogens with one attached hydrogen (secondary N) is 2. The Balaban J connectivity index is 1.44. The van der Waals surface area contributed by atoms with Gasteiger partial charge >= 0.3 is 0 Å². The molecule has 1 heterocycles. The molecule has 3 aromatic rings. The van der Waals surface area contributed by atoms with E-state index in [4.69, 9.17) is 0 Å². The molecule has 1 fully saturated rings. The van der Waals surface area contributed by atoms with Crippen LogP contribution in [0, 0.1) is 11.7 Å². The van der Waals surface area contributed by atoms with Crippen molar-refractivity contribution >= 4 is 27.0 Å². The molecule has 170 valence electrons. The number of rotatable bonds is 9. The molecule has 0 aliphatic heterocycles. The zero-order chi connectivity index (χ0) is 22.6. The van der Waals surface area contributed by atoms with Crippen LogP contribution in [0.1, 0.15) is 44.6 Å². The van der Waals surface area contributed by atoms with Gasteiger partial charge in [-0.25, -0.2) is 12.8 Å². The minimum atomic E-state index is -3.74. The second-order valence-electron chi connectivity index (χ2n) is 8.56. The van der Waals surface area contributed by atoms with E-state index < -0.39 is 10.0 Å². The Morgan fingerprint density at radius 3 is 2.62 bits per heavy atom. The fourth-order valence-electron chi connectivity index (χ4n) is 4.34. The van der Waals surface area contributed by atoms with Crippen molar-refractivity contribution in [3.8, 4) is 10.4 Å². The van der Waals surface area contributed by atoms with Gasteiger partial charge in [-0.05, 0) is 60.7 Å². The lowest BCUT2D eigenvalue weighted by Crippen LogP contribution is -2.28. The summed E-state index contributed by atoms with van der Waals surface area (Å²) in [5.41, 5.74) is 2.15. The largest absolute Gasteiger partial charge is 0.310 e. The maximum absolute atomic E-state index is 13.5. The molecule has 1 aromatic heterocycles. The van der Waals surface area contributed by atoms with Gasteiger partial charge in [-0.2, -0.15) is 0 Å². The van der Waals surface area contributed by atoms with Crippen LogP contribution in [0.2, 0.25) is 0 Å². The van der Waals surface area contributed by atoms with Gasteiger partial charge in [-0.1, -0.05) is 56.0 Å². The first-order valence-corrected chi connectivity index (χ1v) is 13.4. The van der Waals surface area contributed by atoms with E-state index in [1.165, 1.54) is 37.8 Å². The minimum absolute atomic E-state index is 0.203. The standard InChI is InChI=1S/C25H29FN2O2S2/c1-18(15-19-7-2-3-8-19)27-17-21-9-4-5-12-23(21)28-32(29,30)25-14-13-24(31-25)20-10-6-11-22(26)16-20/h4-6,9-14,16,18-19,27-28H,2-3,7-8,15,17H2,1H3/t18-/m0/s1. The number of para-hydroxylation sites is 1. The SMILES string of the molecule is C[C@@H](CC1CCCC1)NCc1ccccc1NS(=O)(=O)c1ccc(-c2cccc(F)c2)s1. The Kier molecular flexibility index (Phi) is 7.28. The quantitative estimate of drug-likeness (QED) is 0.378. The molecular formula is C25H29FN2O2S2. The fraction of sp³-hybridized carbons (Fsp3) is 0.360. The highest BCUT2D eigenvalue weighted by atomic mass is 32.2. The average molecular weight is 473 g/mol. The van der Waals surface area contributed by atoms with Gasteiger partial charge in [0.05, 0.1) is 5.69 Å². The van der Waals surface area contributed by atoms with Crippen LogP contribution in [0.3, 0.4) is 0 Å². The Morgan fingerprint density at radius 1 is 1.06 bits per heavy atom. The second-order valence-corrected chi connectivity index (χ2v) is 11.6. The third-order valence-corrected chi connectivity index (χ3v) is 9.01. The normalized spacial score (nSPS) is 15.7. The third kappa shape index (κ3) is 5.77. The summed E-state index contributed by atoms with van der Waals surface area (Å²) < 4.78 is 42.6. The molecule has 1 aliphatic carbocycles. The summed E-state index contributed by atoms with van der Waals surface area (Å²) in [6.45, 7) is 2.80. The summed E-state index contributed by atoms with van der Waals surface area (Å²) in [5.74, 6) is 0.458. The maximum atomic E-state index is 13.5. The molecule has 32 heavy (non-hydrogen) atoms. The van der Waals surface area contributed by atoms with E-state index in [2.05, 4.69) is 17.0 Å². The Morgan fingerprint density at radius 2 is 1.84 bits per heavy atom. The monoisotopic (exact) mass is 472 g/mol. The van der Waals surface area contributed by atoms with Crippen molar-refractivity contribution in [3.63, 3.8) is 0 Å². The third-order valence-electron chi connectivity index (χ3n) is 6.02. The maximum Gasteiger partial charge on any atom is 0.271 e. The lowest BCUT2D eigenvalue weighted by atomic mass is 9.99. The van der Waals surface area contributed by atoms with E-state index in [-0.39, 0.29) is 10.0 Å². The van der Waals surface area contributed by atoms with E-state index >= 15 is 0 Å². The van der Waals surface area contributed by atoms with E-state index in [0.29, 0.717) is 28.7 Å². The van der Waals surface area contributed by atoms with Crippen LogP contribution in [-0.4, -0.2) is 14.5 Å². The van der Waals surface area contributed by atoms with Crippen LogP contribution < -0.4 is 10.0 Å². The molecule has 2 N–H and O–H groups in total. The number of sulfonamides is 1. The van der Waals surface area contributed by atoms with Crippen molar-refractivity contribution in [2.45, 2.75) is 55.8 Å². The van der Waals surface area contributed by atoms with E-state index in [1.54, 1.807) is 30.3 Å². The molecule has 0 spiro atoms. The predicted molar refractivity (Wildman–Crippen MR) is 130 cm³/mol. The van der Waals surface area contributed by atoms with Gasteiger partial charge in [-0.3, -0.25) is 4.72 Å². The second kappa shape index (κ2) is 10.1. The number of thiophene rings is 1. The highest BCUT2D eigenvalue weighted by Gasteiger charge is 2.20. The van der Waals surface area contributed by atoms with Gasteiger partial charge in [0.1, 0.15) is 10.0 Å². The zero-order valence-corrected chi connectivity index (χ0v) is 19.8. The lowest BCUT2D eigenvalue weighted by Gasteiger charge is -2.19. The Labute approximate surface area is 193 Å². The minimum Gasteiger partial charge on any atom is -0.310 e. The molecule has 1 atom stereocenters. The first-order valence-electron chi connectivity index (χ1n) is 11.1. The smallest absolute Gasteiger partial charge is 0.271 e. The van der Waals surface area contributed by atoms with Crippen LogP contribution in [0.15, 0.2) is 64.9 Å². The summed E-state index contributed by atoms with van der Waals surface area (Å²) in [5, 5.41) is 3.55. The number of halogens is 1. The van der Waals surface area contributed by atoms with Gasteiger partial charge < -0.3 is 5.32 Å². The molecule has 0 amide bonds. The molecule has 0 unspecified atom stereocenters.